The Balaban J connectivity index is 2.28. The second kappa shape index (κ2) is 7.39. The van der Waals surface area contributed by atoms with Gasteiger partial charge in [0.15, 0.2) is 0 Å². The maximum absolute atomic E-state index is 6.32. The number of ether oxygens (including phenoxy) is 2. The monoisotopic (exact) mass is 388 g/mol. The topological polar surface area (TPSA) is 18.5 Å². The molecule has 0 saturated heterocycles. The van der Waals surface area contributed by atoms with E-state index in [2.05, 4.69) is 15.9 Å². The first-order valence-electron chi connectivity index (χ1n) is 6.35. The Morgan fingerprint density at radius 3 is 2.33 bits per heavy atom. The van der Waals surface area contributed by atoms with Crippen LogP contribution in [-0.4, -0.2) is 14.2 Å². The van der Waals surface area contributed by atoms with Crippen LogP contribution in [-0.2, 0) is 6.42 Å². The van der Waals surface area contributed by atoms with Crippen molar-refractivity contribution in [1.29, 1.82) is 0 Å². The molecule has 0 saturated carbocycles. The van der Waals surface area contributed by atoms with Crippen molar-refractivity contribution in [3.8, 4) is 11.5 Å². The van der Waals surface area contributed by atoms with Gasteiger partial charge in [-0.25, -0.2) is 0 Å². The van der Waals surface area contributed by atoms with Crippen LogP contribution in [0.2, 0.25) is 10.0 Å². The molecule has 5 heteroatoms. The number of hydrogen-bond acceptors (Lipinski definition) is 2. The van der Waals surface area contributed by atoms with Crippen molar-refractivity contribution in [2.75, 3.05) is 14.2 Å². The molecule has 2 aromatic rings. The summed E-state index contributed by atoms with van der Waals surface area (Å²) < 4.78 is 10.5. The van der Waals surface area contributed by atoms with Gasteiger partial charge >= 0.3 is 0 Å². The lowest BCUT2D eigenvalue weighted by Crippen LogP contribution is -1.99. The maximum Gasteiger partial charge on any atom is 0.138 e. The van der Waals surface area contributed by atoms with Crippen LogP contribution in [0.1, 0.15) is 16.0 Å². The molecule has 0 fully saturated rings. The molecule has 0 radical (unpaired) electrons. The Morgan fingerprint density at radius 2 is 1.67 bits per heavy atom. The molecular formula is C16H15BrCl2O2. The molecular weight excluding hydrogens is 375 g/mol. The number of para-hydroxylation sites is 1. The van der Waals surface area contributed by atoms with Crippen molar-refractivity contribution >= 4 is 39.1 Å². The minimum Gasteiger partial charge on any atom is -0.496 e. The normalized spacial score (nSPS) is 12.0. The molecule has 0 aromatic heterocycles. The van der Waals surface area contributed by atoms with E-state index in [9.17, 15) is 0 Å². The average molecular weight is 390 g/mol. The molecule has 0 amide bonds. The molecule has 0 heterocycles. The highest BCUT2D eigenvalue weighted by atomic mass is 79.9. The minimum absolute atomic E-state index is 0.0321. The van der Waals surface area contributed by atoms with Crippen molar-refractivity contribution in [2.24, 2.45) is 0 Å². The molecule has 1 unspecified atom stereocenters. The zero-order chi connectivity index (χ0) is 15.4. The molecule has 0 N–H and O–H groups in total. The van der Waals surface area contributed by atoms with Crippen LogP contribution in [0.25, 0.3) is 0 Å². The lowest BCUT2D eigenvalue weighted by molar-refractivity contribution is 0.409. The van der Waals surface area contributed by atoms with Crippen molar-refractivity contribution in [3.05, 3.63) is 57.6 Å². The standard InChI is InChI=1S/C16H15BrCl2O2/c1-20-15-6-4-3-5-10(15)7-12(17)11-8-14(19)16(21-2)9-13(11)18/h3-6,8-9,12H,7H2,1-2H3. The summed E-state index contributed by atoms with van der Waals surface area (Å²) in [7, 11) is 3.23. The number of alkyl halides is 1. The molecule has 21 heavy (non-hydrogen) atoms. The molecule has 2 aromatic carbocycles. The van der Waals surface area contributed by atoms with Gasteiger partial charge in [0.1, 0.15) is 11.5 Å². The summed E-state index contributed by atoms with van der Waals surface area (Å²) >= 11 is 16.2. The van der Waals surface area contributed by atoms with E-state index in [1.165, 1.54) is 0 Å². The van der Waals surface area contributed by atoms with Gasteiger partial charge in [0.05, 0.1) is 19.2 Å². The van der Waals surface area contributed by atoms with E-state index in [0.717, 1.165) is 23.3 Å². The molecule has 2 nitrogen and oxygen atoms in total. The van der Waals surface area contributed by atoms with Gasteiger partial charge in [-0.2, -0.15) is 0 Å². The van der Waals surface area contributed by atoms with Gasteiger partial charge in [0, 0.05) is 15.9 Å². The number of benzene rings is 2. The van der Waals surface area contributed by atoms with Gasteiger partial charge in [0.25, 0.3) is 0 Å². The summed E-state index contributed by atoms with van der Waals surface area (Å²) in [6, 6.07) is 11.5. The van der Waals surface area contributed by atoms with Gasteiger partial charge in [-0.05, 0) is 29.7 Å². The third kappa shape index (κ3) is 3.85. The van der Waals surface area contributed by atoms with E-state index in [1.54, 1.807) is 20.3 Å². The summed E-state index contributed by atoms with van der Waals surface area (Å²) in [5.74, 6) is 1.43. The predicted octanol–water partition coefficient (Wildman–Crippen LogP) is 5.69. The lowest BCUT2D eigenvalue weighted by Gasteiger charge is -2.16. The Labute approximate surface area is 143 Å². The smallest absolute Gasteiger partial charge is 0.138 e. The van der Waals surface area contributed by atoms with E-state index in [4.69, 9.17) is 32.7 Å². The van der Waals surface area contributed by atoms with Crippen LogP contribution in [0.5, 0.6) is 11.5 Å². The van der Waals surface area contributed by atoms with Crippen molar-refractivity contribution < 1.29 is 9.47 Å². The minimum atomic E-state index is 0.0321. The van der Waals surface area contributed by atoms with Crippen molar-refractivity contribution in [2.45, 2.75) is 11.2 Å². The first-order chi connectivity index (χ1) is 10.1. The molecule has 0 spiro atoms. The first-order valence-corrected chi connectivity index (χ1v) is 8.03. The summed E-state index contributed by atoms with van der Waals surface area (Å²) in [6.45, 7) is 0. The molecule has 0 aliphatic heterocycles. The van der Waals surface area contributed by atoms with Crippen LogP contribution in [0.15, 0.2) is 36.4 Å². The lowest BCUT2D eigenvalue weighted by atomic mass is 10.0. The Kier molecular flexibility index (Phi) is 5.80. The Morgan fingerprint density at radius 1 is 1.00 bits per heavy atom. The average Bonchev–Trinajstić information content (AvgIpc) is 2.49. The highest BCUT2D eigenvalue weighted by Gasteiger charge is 2.17. The summed E-state index contributed by atoms with van der Waals surface area (Å²) in [5.41, 5.74) is 2.03. The zero-order valence-electron chi connectivity index (χ0n) is 11.7. The third-order valence-corrected chi connectivity index (χ3v) is 4.64. The fraction of sp³-hybridized carbons (Fsp3) is 0.250. The molecule has 0 bridgehead atoms. The zero-order valence-corrected chi connectivity index (χ0v) is 14.8. The Bertz CT molecular complexity index is 632. The first kappa shape index (κ1) is 16.5. The van der Waals surface area contributed by atoms with Crippen LogP contribution in [0, 0.1) is 0 Å². The van der Waals surface area contributed by atoms with E-state index in [0.29, 0.717) is 15.8 Å². The number of rotatable bonds is 5. The highest BCUT2D eigenvalue weighted by Crippen LogP contribution is 2.39. The SMILES string of the molecule is COc1cc(Cl)c(C(Br)Cc2ccccc2OC)cc1Cl. The molecule has 2 rings (SSSR count). The van der Waals surface area contributed by atoms with E-state index in [1.807, 2.05) is 30.3 Å². The van der Waals surface area contributed by atoms with Crippen LogP contribution in [0.3, 0.4) is 0 Å². The number of hydrogen-bond donors (Lipinski definition) is 0. The fourth-order valence-electron chi connectivity index (χ4n) is 2.12. The molecule has 112 valence electrons. The highest BCUT2D eigenvalue weighted by molar-refractivity contribution is 9.09. The van der Waals surface area contributed by atoms with Gasteiger partial charge in [-0.15, -0.1) is 0 Å². The second-order valence-electron chi connectivity index (χ2n) is 4.49. The van der Waals surface area contributed by atoms with Crippen molar-refractivity contribution in [3.63, 3.8) is 0 Å². The molecule has 0 aliphatic carbocycles. The molecule has 1 atom stereocenters. The summed E-state index contributed by atoms with van der Waals surface area (Å²) in [4.78, 5) is 0.0321. The third-order valence-electron chi connectivity index (χ3n) is 3.20. The van der Waals surface area contributed by atoms with Gasteiger partial charge in [-0.3, -0.25) is 0 Å². The van der Waals surface area contributed by atoms with E-state index >= 15 is 0 Å². The molecule has 0 aliphatic rings. The Hall–Kier alpha value is -0.900. The van der Waals surface area contributed by atoms with Gasteiger partial charge in [0.2, 0.25) is 0 Å². The predicted molar refractivity (Wildman–Crippen MR) is 91.4 cm³/mol. The van der Waals surface area contributed by atoms with Crippen molar-refractivity contribution in [1.82, 2.24) is 0 Å². The van der Waals surface area contributed by atoms with E-state index in [-0.39, 0.29) is 4.83 Å². The largest absolute Gasteiger partial charge is 0.496 e. The van der Waals surface area contributed by atoms with Gasteiger partial charge < -0.3 is 9.47 Å². The quantitative estimate of drug-likeness (QED) is 0.611. The van der Waals surface area contributed by atoms with E-state index < -0.39 is 0 Å². The summed E-state index contributed by atoms with van der Waals surface area (Å²) in [5, 5.41) is 1.16. The van der Waals surface area contributed by atoms with Crippen LogP contribution >= 0.6 is 39.1 Å². The fourth-order valence-corrected chi connectivity index (χ4v) is 3.51. The maximum atomic E-state index is 6.32. The second-order valence-corrected chi connectivity index (χ2v) is 6.41. The summed E-state index contributed by atoms with van der Waals surface area (Å²) in [6.07, 6.45) is 0.742. The number of methoxy groups -OCH3 is 2. The van der Waals surface area contributed by atoms with Crippen LogP contribution in [0.4, 0.5) is 0 Å². The number of halogens is 3. The van der Waals surface area contributed by atoms with Gasteiger partial charge in [-0.1, -0.05) is 57.3 Å². The van der Waals surface area contributed by atoms with Crippen LogP contribution < -0.4 is 9.47 Å².